The van der Waals surface area contributed by atoms with E-state index < -0.39 is 14.9 Å². The zero-order valence-corrected chi connectivity index (χ0v) is 18.7. The normalized spacial score (nSPS) is 13.4. The van der Waals surface area contributed by atoms with E-state index in [9.17, 15) is 5.11 Å². The molecule has 0 aliphatic rings. The van der Waals surface area contributed by atoms with Crippen molar-refractivity contribution in [2.45, 2.75) is 39.3 Å². The van der Waals surface area contributed by atoms with Crippen LogP contribution in [0.2, 0.25) is 6.04 Å². The number of rotatable bonds is 13. The monoisotopic (exact) mass is 415 g/mol. The fourth-order valence-corrected chi connectivity index (χ4v) is 5.83. The molecule has 0 radical (unpaired) electrons. The van der Waals surface area contributed by atoms with Crippen LogP contribution in [0.5, 0.6) is 0 Å². The Morgan fingerprint density at radius 3 is 1.90 bits per heavy atom. The summed E-state index contributed by atoms with van der Waals surface area (Å²) in [5, 5.41) is 10.9. The van der Waals surface area contributed by atoms with E-state index in [4.69, 9.17) is 18.3 Å². The van der Waals surface area contributed by atoms with Crippen LogP contribution in [0.25, 0.3) is 0 Å². The molecule has 2 rings (SSSR count). The van der Waals surface area contributed by atoms with Crippen molar-refractivity contribution >= 4 is 14.5 Å². The van der Waals surface area contributed by atoms with Gasteiger partial charge in [0.15, 0.2) is 0 Å². The summed E-state index contributed by atoms with van der Waals surface area (Å²) in [6.45, 7) is 8.15. The third kappa shape index (κ3) is 7.17. The van der Waals surface area contributed by atoms with Gasteiger partial charge in [-0.05, 0) is 38.3 Å². The number of hydrogen-bond donors (Lipinski definition) is 1. The minimum atomic E-state index is -2.67. The number of nitrogens with zero attached hydrogens (tertiary/aromatic N) is 1. The van der Waals surface area contributed by atoms with Crippen LogP contribution in [-0.4, -0.2) is 46.0 Å². The maximum Gasteiger partial charge on any atom is 0.500 e. The molecule has 158 valence electrons. The Morgan fingerprint density at radius 2 is 1.38 bits per heavy atom. The molecule has 0 amide bonds. The number of aliphatic hydroxyl groups excluding tert-OH is 1. The number of hydrogen-bond acceptors (Lipinski definition) is 5. The summed E-state index contributed by atoms with van der Waals surface area (Å²) in [6.07, 6.45) is -0.00404. The van der Waals surface area contributed by atoms with Gasteiger partial charge >= 0.3 is 8.80 Å². The first-order valence-electron chi connectivity index (χ1n) is 10.4. The highest BCUT2D eigenvalue weighted by Gasteiger charge is 2.39. The average molecular weight is 416 g/mol. The van der Waals surface area contributed by atoms with Gasteiger partial charge in [0.25, 0.3) is 0 Å². The zero-order valence-electron chi connectivity index (χ0n) is 17.7. The number of aliphatic hydroxyl groups is 1. The summed E-state index contributed by atoms with van der Waals surface area (Å²) in [4.78, 5) is 4.78. The lowest BCUT2D eigenvalue weighted by Gasteiger charge is -2.28. The van der Waals surface area contributed by atoms with Gasteiger partial charge < -0.3 is 18.4 Å². The minimum absolute atomic E-state index is 0.566. The molecule has 5 nitrogen and oxygen atoms in total. The van der Waals surface area contributed by atoms with Crippen LogP contribution < -0.4 is 0 Å². The van der Waals surface area contributed by atoms with Gasteiger partial charge in [0.05, 0.1) is 5.71 Å². The number of aliphatic imine (C=N–C) groups is 1. The Bertz CT molecular complexity index is 707. The molecule has 0 aromatic heterocycles. The third-order valence-corrected chi connectivity index (χ3v) is 7.61. The molecule has 0 aliphatic carbocycles. The predicted molar refractivity (Wildman–Crippen MR) is 119 cm³/mol. The molecule has 29 heavy (non-hydrogen) atoms. The summed E-state index contributed by atoms with van der Waals surface area (Å²) in [5.74, 6) is 0. The lowest BCUT2D eigenvalue weighted by Crippen LogP contribution is -2.46. The van der Waals surface area contributed by atoms with Gasteiger partial charge in [-0.3, -0.25) is 4.99 Å². The van der Waals surface area contributed by atoms with E-state index in [0.29, 0.717) is 38.1 Å². The van der Waals surface area contributed by atoms with Gasteiger partial charge in [0.1, 0.15) is 6.10 Å². The first-order chi connectivity index (χ1) is 14.2. The molecular formula is C23H33NO4Si. The second-order valence-corrected chi connectivity index (χ2v) is 9.26. The molecule has 1 N–H and O–H groups in total. The Kier molecular flexibility index (Phi) is 10.2. The molecule has 1 atom stereocenters. The molecule has 0 spiro atoms. The van der Waals surface area contributed by atoms with E-state index in [1.165, 1.54) is 0 Å². The van der Waals surface area contributed by atoms with E-state index in [2.05, 4.69) is 0 Å². The minimum Gasteiger partial charge on any atom is -0.382 e. The van der Waals surface area contributed by atoms with Gasteiger partial charge in [-0.25, -0.2) is 0 Å². The molecule has 0 aliphatic heterocycles. The van der Waals surface area contributed by atoms with E-state index in [1.807, 2.05) is 81.4 Å². The van der Waals surface area contributed by atoms with Crippen molar-refractivity contribution in [3.63, 3.8) is 0 Å². The van der Waals surface area contributed by atoms with Crippen molar-refractivity contribution in [1.82, 2.24) is 0 Å². The molecular weight excluding hydrogens is 382 g/mol. The summed E-state index contributed by atoms with van der Waals surface area (Å²) in [6, 6.07) is 20.2. The summed E-state index contributed by atoms with van der Waals surface area (Å²) < 4.78 is 17.7. The summed E-state index contributed by atoms with van der Waals surface area (Å²) >= 11 is 0. The highest BCUT2D eigenvalue weighted by atomic mass is 28.4. The highest BCUT2D eigenvalue weighted by Crippen LogP contribution is 2.21. The van der Waals surface area contributed by atoms with E-state index in [1.54, 1.807) is 0 Å². The van der Waals surface area contributed by atoms with Crippen molar-refractivity contribution in [3.8, 4) is 0 Å². The standard InChI is InChI=1S/C23H33NO4Si/c1-4-26-29(27-5-2,28-6-3)19-13-18-24-22(20-14-9-7-10-15-20)23(25)21-16-11-8-12-17-21/h7-12,14-17,23,25H,4-6,13,18-19H2,1-3H3. The second kappa shape index (κ2) is 12.7. The van der Waals surface area contributed by atoms with E-state index in [0.717, 1.165) is 17.5 Å². The molecule has 0 heterocycles. The van der Waals surface area contributed by atoms with E-state index >= 15 is 0 Å². The quantitative estimate of drug-likeness (QED) is 0.294. The van der Waals surface area contributed by atoms with Gasteiger partial charge in [-0.2, -0.15) is 0 Å². The van der Waals surface area contributed by atoms with Crippen LogP contribution >= 0.6 is 0 Å². The predicted octanol–water partition coefficient (Wildman–Crippen LogP) is 4.65. The largest absolute Gasteiger partial charge is 0.500 e. The maximum absolute atomic E-state index is 10.9. The highest BCUT2D eigenvalue weighted by molar-refractivity contribution is 6.60. The maximum atomic E-state index is 10.9. The molecule has 0 saturated carbocycles. The first kappa shape index (κ1) is 23.4. The molecule has 6 heteroatoms. The topological polar surface area (TPSA) is 60.3 Å². The van der Waals surface area contributed by atoms with Gasteiger partial charge in [-0.15, -0.1) is 0 Å². The van der Waals surface area contributed by atoms with E-state index in [-0.39, 0.29) is 0 Å². The smallest absolute Gasteiger partial charge is 0.382 e. The molecule has 0 saturated heterocycles. The zero-order chi connectivity index (χ0) is 21.0. The fourth-order valence-electron chi connectivity index (χ4n) is 3.23. The van der Waals surface area contributed by atoms with Crippen LogP contribution in [0.15, 0.2) is 65.7 Å². The van der Waals surface area contributed by atoms with Crippen molar-refractivity contribution in [1.29, 1.82) is 0 Å². The second-order valence-electron chi connectivity index (χ2n) is 6.53. The average Bonchev–Trinajstić information content (AvgIpc) is 2.75. The Balaban J connectivity index is 2.15. The molecule has 1 unspecified atom stereocenters. The lowest BCUT2D eigenvalue weighted by atomic mass is 9.99. The van der Waals surface area contributed by atoms with Crippen molar-refractivity contribution in [2.75, 3.05) is 26.4 Å². The molecule has 0 bridgehead atoms. The van der Waals surface area contributed by atoms with Gasteiger partial charge in [0.2, 0.25) is 0 Å². The summed E-state index contributed by atoms with van der Waals surface area (Å²) in [5.41, 5.74) is 2.43. The van der Waals surface area contributed by atoms with Gasteiger partial charge in [0, 0.05) is 32.4 Å². The van der Waals surface area contributed by atoms with Crippen LogP contribution in [0.4, 0.5) is 0 Å². The third-order valence-electron chi connectivity index (χ3n) is 4.46. The first-order valence-corrected chi connectivity index (χ1v) is 12.3. The van der Waals surface area contributed by atoms with Crippen LogP contribution in [0, 0.1) is 0 Å². The fraction of sp³-hybridized carbons (Fsp3) is 0.435. The molecule has 2 aromatic carbocycles. The Hall–Kier alpha value is -1.83. The molecule has 0 fully saturated rings. The van der Waals surface area contributed by atoms with Crippen molar-refractivity contribution < 1.29 is 18.4 Å². The van der Waals surface area contributed by atoms with Crippen molar-refractivity contribution in [2.24, 2.45) is 4.99 Å². The Labute approximate surface area is 175 Å². The van der Waals surface area contributed by atoms with Crippen LogP contribution in [0.3, 0.4) is 0 Å². The summed E-state index contributed by atoms with van der Waals surface area (Å²) in [7, 11) is -2.67. The van der Waals surface area contributed by atoms with Crippen LogP contribution in [0.1, 0.15) is 44.4 Å². The Morgan fingerprint density at radius 1 is 0.862 bits per heavy atom. The lowest BCUT2D eigenvalue weighted by molar-refractivity contribution is 0.0710. The van der Waals surface area contributed by atoms with Crippen LogP contribution in [-0.2, 0) is 13.3 Å². The van der Waals surface area contributed by atoms with Crippen molar-refractivity contribution in [3.05, 3.63) is 71.8 Å². The number of benzene rings is 2. The molecule has 2 aromatic rings. The van der Waals surface area contributed by atoms with Gasteiger partial charge in [-0.1, -0.05) is 60.7 Å². The SMILES string of the molecule is CCO[Si](CCCN=C(c1ccccc1)C(O)c1ccccc1)(OCC)OCC.